The average molecular weight is 367 g/mol. The summed E-state index contributed by atoms with van der Waals surface area (Å²) in [6, 6.07) is 6.55. The Morgan fingerprint density at radius 1 is 1.07 bits per heavy atom. The predicted molar refractivity (Wildman–Crippen MR) is 115 cm³/mol. The first-order valence-corrected chi connectivity index (χ1v) is 10.2. The monoisotopic (exact) mass is 366 g/mol. The van der Waals surface area contributed by atoms with Crippen LogP contribution in [0.3, 0.4) is 0 Å². The van der Waals surface area contributed by atoms with Gasteiger partial charge in [-0.3, -0.25) is 9.97 Å². The molecule has 2 rings (SSSR count). The van der Waals surface area contributed by atoms with Gasteiger partial charge in [0.25, 0.3) is 0 Å². The Bertz CT molecular complexity index is 821. The summed E-state index contributed by atoms with van der Waals surface area (Å²) in [7, 11) is 0. The predicted octanol–water partition coefficient (Wildman–Crippen LogP) is 5.73. The number of pyridine rings is 2. The van der Waals surface area contributed by atoms with Gasteiger partial charge in [0, 0.05) is 35.2 Å². The molecule has 1 N–H and O–H groups in total. The molecule has 1 atom stereocenters. The summed E-state index contributed by atoms with van der Waals surface area (Å²) in [4.78, 5) is 9.96. The molecule has 146 valence electrons. The summed E-state index contributed by atoms with van der Waals surface area (Å²) in [6.45, 7) is 15.0. The van der Waals surface area contributed by atoms with Crippen LogP contribution in [0.15, 0.2) is 24.3 Å². The van der Waals surface area contributed by atoms with Gasteiger partial charge < -0.3 is 5.11 Å². The largest absolute Gasteiger partial charge is 0.396 e. The van der Waals surface area contributed by atoms with Crippen LogP contribution < -0.4 is 0 Å². The number of aliphatic hydroxyl groups excluding tert-OH is 1. The Labute approximate surface area is 164 Å². The van der Waals surface area contributed by atoms with Crippen molar-refractivity contribution in [1.29, 1.82) is 0 Å². The highest BCUT2D eigenvalue weighted by molar-refractivity contribution is 5.74. The van der Waals surface area contributed by atoms with E-state index in [9.17, 15) is 5.11 Å². The van der Waals surface area contributed by atoms with Crippen LogP contribution in [0.5, 0.6) is 0 Å². The molecule has 3 nitrogen and oxygen atoms in total. The molecule has 0 bridgehead atoms. The van der Waals surface area contributed by atoms with Crippen molar-refractivity contribution in [2.45, 2.75) is 67.2 Å². The van der Waals surface area contributed by atoms with Crippen molar-refractivity contribution in [3.8, 4) is 11.3 Å². The second-order valence-electron chi connectivity index (χ2n) is 7.57. The molecule has 2 heterocycles. The van der Waals surface area contributed by atoms with Gasteiger partial charge in [-0.15, -0.1) is 0 Å². The van der Waals surface area contributed by atoms with E-state index in [0.29, 0.717) is 5.92 Å². The van der Waals surface area contributed by atoms with Gasteiger partial charge in [0.15, 0.2) is 0 Å². The van der Waals surface area contributed by atoms with Gasteiger partial charge in [0.05, 0.1) is 5.69 Å². The summed E-state index contributed by atoms with van der Waals surface area (Å²) in [5, 5.41) is 9.63. The standard InChI is InChI=1S/C24H34N2O/c1-8-18(17(7)14-27)20-13-16(6)24(26-22(20)10-3)19-11-12-23(15(4)5)25-21(19)9-2/h8,11-13,15,17,27H,9-10,14H2,1-7H3/b18-8-/t17-/m1/s1. The van der Waals surface area contributed by atoms with Crippen LogP contribution in [-0.4, -0.2) is 21.7 Å². The molecule has 0 spiro atoms. The third-order valence-corrected chi connectivity index (χ3v) is 5.23. The molecular formula is C24H34N2O. The fraction of sp³-hybridized carbons (Fsp3) is 0.500. The van der Waals surface area contributed by atoms with Crippen molar-refractivity contribution in [1.82, 2.24) is 9.97 Å². The van der Waals surface area contributed by atoms with Crippen LogP contribution in [0.25, 0.3) is 16.8 Å². The van der Waals surface area contributed by atoms with Gasteiger partial charge in [-0.1, -0.05) is 40.7 Å². The number of aliphatic hydroxyl groups is 1. The third kappa shape index (κ3) is 4.47. The topological polar surface area (TPSA) is 46.0 Å². The van der Waals surface area contributed by atoms with Crippen molar-refractivity contribution in [2.24, 2.45) is 5.92 Å². The van der Waals surface area contributed by atoms with Gasteiger partial charge in [0.1, 0.15) is 0 Å². The van der Waals surface area contributed by atoms with Crippen molar-refractivity contribution >= 4 is 5.57 Å². The maximum Gasteiger partial charge on any atom is 0.0753 e. The van der Waals surface area contributed by atoms with Crippen LogP contribution in [0.4, 0.5) is 0 Å². The van der Waals surface area contributed by atoms with E-state index in [-0.39, 0.29) is 12.5 Å². The zero-order chi connectivity index (χ0) is 20.1. The molecule has 0 aliphatic rings. The lowest BCUT2D eigenvalue weighted by Gasteiger charge is -2.20. The van der Waals surface area contributed by atoms with Gasteiger partial charge in [0.2, 0.25) is 0 Å². The number of rotatable bonds is 7. The summed E-state index contributed by atoms with van der Waals surface area (Å²) < 4.78 is 0. The maximum absolute atomic E-state index is 9.63. The number of hydrogen-bond donors (Lipinski definition) is 1. The Morgan fingerprint density at radius 2 is 1.74 bits per heavy atom. The minimum absolute atomic E-state index is 0.102. The van der Waals surface area contributed by atoms with Crippen LogP contribution in [0.2, 0.25) is 0 Å². The Kier molecular flexibility index (Phi) is 7.32. The fourth-order valence-electron chi connectivity index (χ4n) is 3.57. The highest BCUT2D eigenvalue weighted by Gasteiger charge is 2.18. The molecule has 0 saturated heterocycles. The second kappa shape index (κ2) is 9.27. The quantitative estimate of drug-likeness (QED) is 0.680. The molecule has 2 aromatic heterocycles. The van der Waals surface area contributed by atoms with E-state index in [4.69, 9.17) is 9.97 Å². The number of hydrogen-bond acceptors (Lipinski definition) is 3. The summed E-state index contributed by atoms with van der Waals surface area (Å²) in [6.07, 6.45) is 3.85. The van der Waals surface area contributed by atoms with E-state index >= 15 is 0 Å². The maximum atomic E-state index is 9.63. The van der Waals surface area contributed by atoms with Crippen molar-refractivity contribution in [2.75, 3.05) is 6.61 Å². The Morgan fingerprint density at radius 3 is 2.26 bits per heavy atom. The molecule has 0 radical (unpaired) electrons. The highest BCUT2D eigenvalue weighted by Crippen LogP contribution is 2.32. The van der Waals surface area contributed by atoms with Crippen LogP contribution in [-0.2, 0) is 12.8 Å². The zero-order valence-electron chi connectivity index (χ0n) is 17.9. The van der Waals surface area contributed by atoms with Crippen LogP contribution in [0.1, 0.15) is 75.7 Å². The number of allylic oxidation sites excluding steroid dienone is 1. The van der Waals surface area contributed by atoms with Gasteiger partial charge >= 0.3 is 0 Å². The van der Waals surface area contributed by atoms with Gasteiger partial charge in [-0.2, -0.15) is 0 Å². The Hall–Kier alpha value is -2.00. The molecule has 0 aliphatic heterocycles. The van der Waals surface area contributed by atoms with Crippen molar-refractivity contribution in [3.05, 3.63) is 52.5 Å². The molecule has 0 fully saturated rings. The molecule has 2 aromatic rings. The molecule has 0 aliphatic carbocycles. The zero-order valence-corrected chi connectivity index (χ0v) is 17.9. The van der Waals surface area contributed by atoms with Crippen LogP contribution in [0, 0.1) is 12.8 Å². The van der Waals surface area contributed by atoms with E-state index < -0.39 is 0 Å². The molecule has 3 heteroatoms. The molecule has 0 unspecified atom stereocenters. The summed E-state index contributed by atoms with van der Waals surface area (Å²) >= 11 is 0. The molecule has 0 saturated carbocycles. The number of nitrogens with zero attached hydrogens (tertiary/aromatic N) is 2. The van der Waals surface area contributed by atoms with E-state index in [2.05, 4.69) is 65.8 Å². The SMILES string of the molecule is C/C=C(\c1cc(C)c(-c2ccc(C(C)C)nc2CC)nc1CC)[C@H](C)CO. The summed E-state index contributed by atoms with van der Waals surface area (Å²) in [5.74, 6) is 0.523. The summed E-state index contributed by atoms with van der Waals surface area (Å²) in [5.41, 5.74) is 8.97. The molecular weight excluding hydrogens is 332 g/mol. The average Bonchev–Trinajstić information content (AvgIpc) is 2.68. The minimum atomic E-state index is 0.102. The minimum Gasteiger partial charge on any atom is -0.396 e. The lowest BCUT2D eigenvalue weighted by molar-refractivity contribution is 0.266. The second-order valence-corrected chi connectivity index (χ2v) is 7.57. The van der Waals surface area contributed by atoms with Crippen molar-refractivity contribution in [3.63, 3.8) is 0 Å². The first kappa shape index (κ1) is 21.3. The van der Waals surface area contributed by atoms with E-state index in [1.54, 1.807) is 0 Å². The highest BCUT2D eigenvalue weighted by atomic mass is 16.3. The van der Waals surface area contributed by atoms with E-state index in [0.717, 1.165) is 52.3 Å². The first-order valence-electron chi connectivity index (χ1n) is 10.2. The van der Waals surface area contributed by atoms with Gasteiger partial charge in [-0.05, 0) is 67.5 Å². The lowest BCUT2D eigenvalue weighted by atomic mass is 9.90. The van der Waals surface area contributed by atoms with Crippen molar-refractivity contribution < 1.29 is 5.11 Å². The molecule has 27 heavy (non-hydrogen) atoms. The van der Waals surface area contributed by atoms with E-state index in [1.165, 1.54) is 5.57 Å². The third-order valence-electron chi connectivity index (χ3n) is 5.23. The lowest BCUT2D eigenvalue weighted by Crippen LogP contribution is -2.09. The Balaban J connectivity index is 2.64. The van der Waals surface area contributed by atoms with E-state index in [1.807, 2.05) is 6.92 Å². The normalized spacial score (nSPS) is 13.3. The smallest absolute Gasteiger partial charge is 0.0753 e. The number of aromatic nitrogens is 2. The van der Waals surface area contributed by atoms with Gasteiger partial charge in [-0.25, -0.2) is 0 Å². The molecule has 0 aromatic carbocycles. The van der Waals surface area contributed by atoms with Crippen LogP contribution >= 0.6 is 0 Å². The molecule has 0 amide bonds. The fourth-order valence-corrected chi connectivity index (χ4v) is 3.57. The number of aryl methyl sites for hydroxylation is 3. The first-order chi connectivity index (χ1) is 12.9.